The second kappa shape index (κ2) is 7.82. The fraction of sp³-hybridized carbons (Fsp3) is 0.250. The summed E-state index contributed by atoms with van der Waals surface area (Å²) < 4.78 is 11.1. The molecule has 1 N–H and O–H groups in total. The zero-order chi connectivity index (χ0) is 18.5. The Morgan fingerprint density at radius 2 is 2.00 bits per heavy atom. The number of aromatic nitrogens is 2. The second-order valence-electron chi connectivity index (χ2n) is 6.30. The summed E-state index contributed by atoms with van der Waals surface area (Å²) in [6.07, 6.45) is 0. The normalized spacial score (nSPS) is 10.8. The van der Waals surface area contributed by atoms with Crippen LogP contribution in [0.15, 0.2) is 53.1 Å². The first-order valence-corrected chi connectivity index (χ1v) is 8.45. The van der Waals surface area contributed by atoms with Crippen molar-refractivity contribution in [1.29, 1.82) is 0 Å². The SMILES string of the molecule is Cc1cccc(-c2noc(-c3ccccc3OCC(=O)NC(C)C)n2)c1. The van der Waals surface area contributed by atoms with E-state index in [0.29, 0.717) is 23.0 Å². The molecular formula is C20H21N3O3. The van der Waals surface area contributed by atoms with Gasteiger partial charge in [-0.2, -0.15) is 4.98 Å². The van der Waals surface area contributed by atoms with Crippen LogP contribution >= 0.6 is 0 Å². The lowest BCUT2D eigenvalue weighted by Gasteiger charge is -2.11. The zero-order valence-electron chi connectivity index (χ0n) is 15.0. The highest BCUT2D eigenvalue weighted by Crippen LogP contribution is 2.30. The van der Waals surface area contributed by atoms with Crippen molar-refractivity contribution in [2.45, 2.75) is 26.8 Å². The third-order valence-corrected chi connectivity index (χ3v) is 3.63. The molecule has 3 rings (SSSR count). The van der Waals surface area contributed by atoms with Gasteiger partial charge in [0.25, 0.3) is 11.8 Å². The van der Waals surface area contributed by atoms with E-state index in [9.17, 15) is 4.79 Å². The van der Waals surface area contributed by atoms with E-state index in [1.807, 2.05) is 63.2 Å². The van der Waals surface area contributed by atoms with Crippen molar-refractivity contribution >= 4 is 5.91 Å². The Bertz CT molecular complexity index is 903. The van der Waals surface area contributed by atoms with Crippen molar-refractivity contribution in [3.8, 4) is 28.6 Å². The van der Waals surface area contributed by atoms with E-state index in [0.717, 1.165) is 11.1 Å². The van der Waals surface area contributed by atoms with Gasteiger partial charge in [0.05, 0.1) is 5.56 Å². The number of benzene rings is 2. The predicted octanol–water partition coefficient (Wildman–Crippen LogP) is 3.62. The van der Waals surface area contributed by atoms with Gasteiger partial charge in [0.15, 0.2) is 6.61 Å². The Labute approximate surface area is 152 Å². The number of para-hydroxylation sites is 1. The minimum atomic E-state index is -0.180. The zero-order valence-corrected chi connectivity index (χ0v) is 15.0. The van der Waals surface area contributed by atoms with Crippen molar-refractivity contribution in [2.75, 3.05) is 6.61 Å². The largest absolute Gasteiger partial charge is 0.483 e. The summed E-state index contributed by atoms with van der Waals surface area (Å²) >= 11 is 0. The summed E-state index contributed by atoms with van der Waals surface area (Å²) in [5.41, 5.74) is 2.65. The number of aryl methyl sites for hydroxylation is 1. The molecule has 6 nitrogen and oxygen atoms in total. The average Bonchev–Trinajstić information content (AvgIpc) is 3.09. The Balaban J connectivity index is 1.81. The van der Waals surface area contributed by atoms with E-state index < -0.39 is 0 Å². The first kappa shape index (κ1) is 17.7. The van der Waals surface area contributed by atoms with Gasteiger partial charge in [-0.15, -0.1) is 0 Å². The van der Waals surface area contributed by atoms with Crippen molar-refractivity contribution in [3.63, 3.8) is 0 Å². The van der Waals surface area contributed by atoms with Crippen LogP contribution in [-0.2, 0) is 4.79 Å². The monoisotopic (exact) mass is 351 g/mol. The molecule has 0 aliphatic carbocycles. The Morgan fingerprint density at radius 1 is 1.19 bits per heavy atom. The highest BCUT2D eigenvalue weighted by molar-refractivity contribution is 5.78. The molecule has 0 saturated carbocycles. The van der Waals surface area contributed by atoms with Gasteiger partial charge in [-0.3, -0.25) is 4.79 Å². The number of carbonyl (C=O) groups is 1. The molecule has 2 aromatic carbocycles. The maximum absolute atomic E-state index is 11.8. The molecule has 0 aliphatic rings. The number of rotatable bonds is 6. The quantitative estimate of drug-likeness (QED) is 0.734. The fourth-order valence-corrected chi connectivity index (χ4v) is 2.51. The molecule has 0 saturated heterocycles. The van der Waals surface area contributed by atoms with E-state index in [2.05, 4.69) is 15.5 Å². The van der Waals surface area contributed by atoms with Gasteiger partial charge >= 0.3 is 0 Å². The second-order valence-corrected chi connectivity index (χ2v) is 6.30. The third-order valence-electron chi connectivity index (χ3n) is 3.63. The van der Waals surface area contributed by atoms with Gasteiger partial charge in [-0.25, -0.2) is 0 Å². The van der Waals surface area contributed by atoms with E-state index in [1.54, 1.807) is 6.07 Å². The number of amides is 1. The molecule has 0 unspecified atom stereocenters. The number of hydrogen-bond donors (Lipinski definition) is 1. The lowest BCUT2D eigenvalue weighted by atomic mass is 10.1. The van der Waals surface area contributed by atoms with Crippen LogP contribution < -0.4 is 10.1 Å². The first-order chi connectivity index (χ1) is 12.5. The molecule has 0 fully saturated rings. The van der Waals surface area contributed by atoms with Crippen LogP contribution in [0.5, 0.6) is 5.75 Å². The molecule has 0 aliphatic heterocycles. The van der Waals surface area contributed by atoms with Gasteiger partial charge in [0, 0.05) is 11.6 Å². The van der Waals surface area contributed by atoms with E-state index in [4.69, 9.17) is 9.26 Å². The summed E-state index contributed by atoms with van der Waals surface area (Å²) in [5, 5.41) is 6.85. The van der Waals surface area contributed by atoms with Gasteiger partial charge < -0.3 is 14.6 Å². The molecule has 0 radical (unpaired) electrons. The van der Waals surface area contributed by atoms with Crippen molar-refractivity contribution in [3.05, 3.63) is 54.1 Å². The topological polar surface area (TPSA) is 77.2 Å². The molecule has 3 aromatic rings. The Hall–Kier alpha value is -3.15. The van der Waals surface area contributed by atoms with Gasteiger partial charge in [-0.1, -0.05) is 41.1 Å². The summed E-state index contributed by atoms with van der Waals surface area (Å²) in [5.74, 6) is 1.20. The van der Waals surface area contributed by atoms with Crippen LogP contribution in [0.1, 0.15) is 19.4 Å². The highest BCUT2D eigenvalue weighted by atomic mass is 16.5. The van der Waals surface area contributed by atoms with Crippen molar-refractivity contribution in [1.82, 2.24) is 15.5 Å². The molecule has 6 heteroatoms. The molecule has 1 amide bonds. The summed E-state index contributed by atoms with van der Waals surface area (Å²) in [6, 6.07) is 15.2. The fourth-order valence-electron chi connectivity index (χ4n) is 2.51. The molecular weight excluding hydrogens is 330 g/mol. The van der Waals surface area contributed by atoms with Crippen molar-refractivity contribution < 1.29 is 14.1 Å². The maximum Gasteiger partial charge on any atom is 0.262 e. The Morgan fingerprint density at radius 3 is 2.77 bits per heavy atom. The molecule has 0 bridgehead atoms. The summed E-state index contributed by atoms with van der Waals surface area (Å²) in [4.78, 5) is 16.3. The predicted molar refractivity (Wildman–Crippen MR) is 98.7 cm³/mol. The molecule has 1 aromatic heterocycles. The number of nitrogens with zero attached hydrogens (tertiary/aromatic N) is 2. The van der Waals surface area contributed by atoms with Gasteiger partial charge in [0.1, 0.15) is 5.75 Å². The van der Waals surface area contributed by atoms with Crippen LogP contribution in [0.4, 0.5) is 0 Å². The first-order valence-electron chi connectivity index (χ1n) is 8.45. The van der Waals surface area contributed by atoms with Crippen LogP contribution in [0.25, 0.3) is 22.8 Å². The smallest absolute Gasteiger partial charge is 0.262 e. The lowest BCUT2D eigenvalue weighted by Crippen LogP contribution is -2.34. The van der Waals surface area contributed by atoms with Gasteiger partial charge in [-0.05, 0) is 39.0 Å². The number of ether oxygens (including phenoxy) is 1. The van der Waals surface area contributed by atoms with Crippen LogP contribution in [0.2, 0.25) is 0 Å². The number of hydrogen-bond acceptors (Lipinski definition) is 5. The lowest BCUT2D eigenvalue weighted by molar-refractivity contribution is -0.123. The number of carbonyl (C=O) groups excluding carboxylic acids is 1. The molecule has 1 heterocycles. The van der Waals surface area contributed by atoms with E-state index in [1.165, 1.54) is 0 Å². The highest BCUT2D eigenvalue weighted by Gasteiger charge is 2.16. The van der Waals surface area contributed by atoms with E-state index >= 15 is 0 Å². The van der Waals surface area contributed by atoms with Crippen molar-refractivity contribution in [2.24, 2.45) is 0 Å². The summed E-state index contributed by atoms with van der Waals surface area (Å²) in [7, 11) is 0. The number of nitrogens with one attached hydrogen (secondary N) is 1. The molecule has 0 atom stereocenters. The summed E-state index contributed by atoms with van der Waals surface area (Å²) in [6.45, 7) is 5.73. The van der Waals surface area contributed by atoms with Gasteiger partial charge in [0.2, 0.25) is 5.82 Å². The average molecular weight is 351 g/mol. The molecule has 0 spiro atoms. The maximum atomic E-state index is 11.8. The third kappa shape index (κ3) is 4.27. The molecule has 134 valence electrons. The Kier molecular flexibility index (Phi) is 5.31. The van der Waals surface area contributed by atoms with Crippen LogP contribution in [0, 0.1) is 6.92 Å². The van der Waals surface area contributed by atoms with E-state index in [-0.39, 0.29) is 18.6 Å². The molecule has 26 heavy (non-hydrogen) atoms. The van der Waals surface area contributed by atoms with Crippen LogP contribution in [-0.4, -0.2) is 28.7 Å². The van der Waals surface area contributed by atoms with Crippen LogP contribution in [0.3, 0.4) is 0 Å². The minimum absolute atomic E-state index is 0.0640. The standard InChI is InChI=1S/C20H21N3O3/c1-13(2)21-18(24)12-25-17-10-5-4-9-16(17)20-22-19(23-26-20)15-8-6-7-14(3)11-15/h4-11,13H,12H2,1-3H3,(H,21,24). The minimum Gasteiger partial charge on any atom is -0.483 e.